The summed E-state index contributed by atoms with van der Waals surface area (Å²) in [6.07, 6.45) is 2.89. The minimum Gasteiger partial charge on any atom is -0.358 e. The zero-order valence-corrected chi connectivity index (χ0v) is 15.0. The lowest BCUT2D eigenvalue weighted by atomic mass is 10.2. The Hall–Kier alpha value is -4.16. The molecule has 0 aliphatic heterocycles. The minimum atomic E-state index is -0.976. The molecule has 0 bridgehead atoms. The minimum absolute atomic E-state index is 0.112. The molecule has 29 heavy (non-hydrogen) atoms. The summed E-state index contributed by atoms with van der Waals surface area (Å²) >= 11 is 0. The number of nitrogens with one attached hydrogen (secondary N) is 1. The number of rotatable bonds is 7. The molecule has 3 aromatic rings. The van der Waals surface area contributed by atoms with E-state index in [0.717, 1.165) is 4.68 Å². The van der Waals surface area contributed by atoms with E-state index in [1.807, 2.05) is 0 Å². The van der Waals surface area contributed by atoms with Gasteiger partial charge in [-0.1, -0.05) is 12.1 Å². The maximum Gasteiger partial charge on any atom is 0.468 e. The van der Waals surface area contributed by atoms with E-state index in [1.165, 1.54) is 36.1 Å². The van der Waals surface area contributed by atoms with Crippen molar-refractivity contribution < 1.29 is 19.0 Å². The van der Waals surface area contributed by atoms with E-state index < -0.39 is 33.8 Å². The van der Waals surface area contributed by atoms with Crippen LogP contribution in [0, 0.1) is 33.0 Å². The number of benzene rings is 1. The molecule has 0 fully saturated rings. The lowest BCUT2D eigenvalue weighted by Crippen LogP contribution is -2.20. The van der Waals surface area contributed by atoms with Gasteiger partial charge in [0, 0.05) is 6.20 Å². The fourth-order valence-electron chi connectivity index (χ4n) is 2.68. The molecule has 0 aliphatic rings. The van der Waals surface area contributed by atoms with Crippen molar-refractivity contribution >= 4 is 23.1 Å². The van der Waals surface area contributed by atoms with E-state index in [0.29, 0.717) is 11.3 Å². The highest BCUT2D eigenvalue weighted by molar-refractivity contribution is 5.90. The third-order valence-corrected chi connectivity index (χ3v) is 3.96. The van der Waals surface area contributed by atoms with E-state index in [2.05, 4.69) is 15.5 Å². The van der Waals surface area contributed by atoms with Crippen LogP contribution in [0.3, 0.4) is 0 Å². The molecule has 1 amide bonds. The molecule has 0 aliphatic carbocycles. The van der Waals surface area contributed by atoms with Crippen molar-refractivity contribution in [2.24, 2.45) is 0 Å². The number of halogens is 1. The quantitative estimate of drug-likeness (QED) is 0.468. The molecule has 1 aromatic carbocycles. The van der Waals surface area contributed by atoms with Crippen LogP contribution < -0.4 is 5.32 Å². The highest BCUT2D eigenvalue weighted by Crippen LogP contribution is 2.29. The molecule has 0 saturated carbocycles. The van der Waals surface area contributed by atoms with Gasteiger partial charge in [-0.05, 0) is 29.5 Å². The Balaban J connectivity index is 1.69. The van der Waals surface area contributed by atoms with E-state index >= 15 is 0 Å². The van der Waals surface area contributed by atoms with Gasteiger partial charge in [-0.25, -0.2) is 4.39 Å². The van der Waals surface area contributed by atoms with E-state index in [9.17, 15) is 29.4 Å². The largest absolute Gasteiger partial charge is 0.468 e. The SMILES string of the molecule is Cc1c([N+](=O)[O-])c([N+](=O)[O-])nn1CC(=O)Nc1cnn(Cc2cccc(F)c2)c1. The number of anilines is 1. The Morgan fingerprint density at radius 3 is 2.66 bits per heavy atom. The maximum atomic E-state index is 13.2. The predicted octanol–water partition coefficient (Wildman–Crippen LogP) is 2.03. The molecule has 3 rings (SSSR count). The van der Waals surface area contributed by atoms with Crippen molar-refractivity contribution in [3.63, 3.8) is 0 Å². The number of hydrogen-bond donors (Lipinski definition) is 1. The monoisotopic (exact) mass is 403 g/mol. The zero-order chi connectivity index (χ0) is 21.1. The summed E-state index contributed by atoms with van der Waals surface area (Å²) in [6, 6.07) is 5.98. The summed E-state index contributed by atoms with van der Waals surface area (Å²) in [5.41, 5.74) is 0.141. The van der Waals surface area contributed by atoms with Gasteiger partial charge in [0.15, 0.2) is 0 Å². The van der Waals surface area contributed by atoms with Crippen molar-refractivity contribution in [1.82, 2.24) is 19.6 Å². The van der Waals surface area contributed by atoms with Crippen LogP contribution in [0.25, 0.3) is 0 Å². The van der Waals surface area contributed by atoms with Crippen molar-refractivity contribution in [3.8, 4) is 0 Å². The summed E-state index contributed by atoms with van der Waals surface area (Å²) in [7, 11) is 0. The average molecular weight is 403 g/mol. The Bertz CT molecular complexity index is 1110. The maximum absolute atomic E-state index is 13.2. The van der Waals surface area contributed by atoms with Gasteiger partial charge in [-0.15, -0.1) is 0 Å². The first-order valence-corrected chi connectivity index (χ1v) is 8.17. The average Bonchev–Trinajstić information content (AvgIpc) is 3.19. The Kier molecular flexibility index (Phi) is 5.29. The molecule has 0 spiro atoms. The van der Waals surface area contributed by atoms with Gasteiger partial charge < -0.3 is 15.4 Å². The second kappa shape index (κ2) is 7.84. The first kappa shape index (κ1) is 19.6. The number of amides is 1. The van der Waals surface area contributed by atoms with E-state index in [4.69, 9.17) is 0 Å². The molecule has 0 atom stereocenters. The second-order valence-electron chi connectivity index (χ2n) is 6.03. The highest BCUT2D eigenvalue weighted by atomic mass is 19.1. The summed E-state index contributed by atoms with van der Waals surface area (Å²) in [6.45, 7) is 1.09. The van der Waals surface area contributed by atoms with Crippen molar-refractivity contribution in [2.75, 3.05) is 5.32 Å². The third kappa shape index (κ3) is 4.40. The van der Waals surface area contributed by atoms with Gasteiger partial charge in [-0.2, -0.15) is 9.78 Å². The summed E-state index contributed by atoms with van der Waals surface area (Å²) < 4.78 is 15.6. The molecular weight excluding hydrogens is 389 g/mol. The second-order valence-corrected chi connectivity index (χ2v) is 6.03. The Labute approximate surface area is 161 Å². The fraction of sp³-hybridized carbons (Fsp3) is 0.188. The molecule has 2 aromatic heterocycles. The van der Waals surface area contributed by atoms with E-state index in [1.54, 1.807) is 12.1 Å². The lowest BCUT2D eigenvalue weighted by molar-refractivity contribution is -0.424. The standard InChI is InChI=1S/C16H14FN7O5/c1-10-15(23(26)27)16(24(28)29)20-22(10)9-14(25)19-13-6-18-21(8-13)7-11-3-2-4-12(17)5-11/h2-6,8H,7,9H2,1H3,(H,19,25). The number of nitro groups is 2. The lowest BCUT2D eigenvalue weighted by Gasteiger charge is -2.03. The molecule has 0 saturated heterocycles. The van der Waals surface area contributed by atoms with Gasteiger partial charge in [0.1, 0.15) is 18.1 Å². The molecule has 13 heteroatoms. The fourth-order valence-corrected chi connectivity index (χ4v) is 2.68. The molecule has 2 heterocycles. The molecular formula is C16H14FN7O5. The highest BCUT2D eigenvalue weighted by Gasteiger charge is 2.35. The van der Waals surface area contributed by atoms with Crippen molar-refractivity contribution in [2.45, 2.75) is 20.0 Å². The number of carbonyl (C=O) groups excluding carboxylic acids is 1. The van der Waals surface area contributed by atoms with Crippen LogP contribution in [-0.2, 0) is 17.9 Å². The first-order valence-electron chi connectivity index (χ1n) is 8.17. The van der Waals surface area contributed by atoms with Crippen LogP contribution in [0.15, 0.2) is 36.7 Å². The molecule has 12 nitrogen and oxygen atoms in total. The zero-order valence-electron chi connectivity index (χ0n) is 15.0. The first-order chi connectivity index (χ1) is 13.7. The Morgan fingerprint density at radius 2 is 2.03 bits per heavy atom. The van der Waals surface area contributed by atoms with Crippen molar-refractivity contribution in [1.29, 1.82) is 0 Å². The molecule has 1 N–H and O–H groups in total. The van der Waals surface area contributed by atoms with Gasteiger partial charge in [0.05, 0.1) is 28.5 Å². The Morgan fingerprint density at radius 1 is 1.28 bits per heavy atom. The smallest absolute Gasteiger partial charge is 0.358 e. The summed E-state index contributed by atoms with van der Waals surface area (Å²) in [5, 5.41) is 32.1. The third-order valence-electron chi connectivity index (χ3n) is 3.96. The van der Waals surface area contributed by atoms with Gasteiger partial charge in [0.25, 0.3) is 0 Å². The van der Waals surface area contributed by atoms with Gasteiger partial charge in [0.2, 0.25) is 5.91 Å². The van der Waals surface area contributed by atoms with Crippen LogP contribution in [0.4, 0.5) is 21.6 Å². The van der Waals surface area contributed by atoms with Crippen LogP contribution >= 0.6 is 0 Å². The van der Waals surface area contributed by atoms with Crippen LogP contribution in [-0.4, -0.2) is 35.3 Å². The van der Waals surface area contributed by atoms with Gasteiger partial charge in [-0.3, -0.25) is 19.6 Å². The van der Waals surface area contributed by atoms with E-state index in [-0.39, 0.29) is 18.1 Å². The number of aromatic nitrogens is 4. The predicted molar refractivity (Wildman–Crippen MR) is 96.6 cm³/mol. The number of hydrogen-bond acceptors (Lipinski definition) is 7. The van der Waals surface area contributed by atoms with Crippen LogP contribution in [0.5, 0.6) is 0 Å². The van der Waals surface area contributed by atoms with Crippen molar-refractivity contribution in [3.05, 3.63) is 74.0 Å². The topological polar surface area (TPSA) is 151 Å². The summed E-state index contributed by atoms with van der Waals surface area (Å²) in [4.78, 5) is 32.3. The normalized spacial score (nSPS) is 10.7. The molecule has 0 radical (unpaired) electrons. The molecule has 150 valence electrons. The van der Waals surface area contributed by atoms with Crippen LogP contribution in [0.2, 0.25) is 0 Å². The number of carbonyl (C=O) groups is 1. The van der Waals surface area contributed by atoms with Gasteiger partial charge >= 0.3 is 11.5 Å². The molecule has 0 unspecified atom stereocenters. The summed E-state index contributed by atoms with van der Waals surface area (Å²) in [5.74, 6) is -1.91. The number of nitrogens with zero attached hydrogens (tertiary/aromatic N) is 6. The van der Waals surface area contributed by atoms with Crippen LogP contribution in [0.1, 0.15) is 11.3 Å².